The fraction of sp³-hybridized carbons (Fsp3) is 0.800. The Kier molecular flexibility index (Phi) is 20.4. The molecule has 1 heteroatoms. The normalized spacial score (nSPS) is 11.5. The zero-order chi connectivity index (χ0) is 22.2. The van der Waals surface area contributed by atoms with Gasteiger partial charge in [0.05, 0.1) is 0 Å². The minimum Gasteiger partial charge on any atom is -0.309 e. The molecule has 31 heavy (non-hydrogen) atoms. The van der Waals surface area contributed by atoms with Crippen LogP contribution < -0.4 is 0 Å². The highest BCUT2D eigenvalue weighted by atomic mass is 15.0. The molecule has 0 saturated heterocycles. The van der Waals surface area contributed by atoms with Crippen molar-refractivity contribution in [3.8, 4) is 0 Å². The predicted octanol–water partition coefficient (Wildman–Crippen LogP) is 9.59. The summed E-state index contributed by atoms with van der Waals surface area (Å²) in [5, 5.41) is 0. The monoisotopic (exact) mass is 429 g/mol. The van der Waals surface area contributed by atoms with E-state index < -0.39 is 0 Å². The molecule has 1 aromatic rings. The van der Waals surface area contributed by atoms with Crippen LogP contribution in [0.5, 0.6) is 0 Å². The van der Waals surface area contributed by atoms with Crippen molar-refractivity contribution in [1.82, 2.24) is 4.90 Å². The maximum Gasteiger partial charge on any atom is -0.00248 e. The predicted molar refractivity (Wildman–Crippen MR) is 141 cm³/mol. The molecular weight excluding hydrogens is 374 g/mol. The van der Waals surface area contributed by atoms with Gasteiger partial charge in [0.2, 0.25) is 0 Å². The van der Waals surface area contributed by atoms with E-state index >= 15 is 0 Å². The standard InChI is InChI=1S/C30H55N/c1-31(2)29-25-20-18-16-14-12-10-8-6-4-3-5-7-9-11-13-15-17-19-22-26-30-27-23-21-24-28-30/h21,23-24,27-28H,3-20,22,25-26,29H2,1-2H3. The first-order valence-electron chi connectivity index (χ1n) is 14.0. The number of hydrogen-bond acceptors (Lipinski definition) is 1. The van der Waals surface area contributed by atoms with Crippen LogP contribution in [0.25, 0.3) is 0 Å². The number of hydrogen-bond donors (Lipinski definition) is 0. The molecule has 0 fully saturated rings. The van der Waals surface area contributed by atoms with Gasteiger partial charge in [-0.2, -0.15) is 0 Å². The lowest BCUT2D eigenvalue weighted by Crippen LogP contribution is -2.12. The summed E-state index contributed by atoms with van der Waals surface area (Å²) in [6, 6.07) is 11.0. The minimum absolute atomic E-state index is 1.26. The second-order valence-corrected chi connectivity index (χ2v) is 10.1. The van der Waals surface area contributed by atoms with Crippen molar-refractivity contribution in [2.75, 3.05) is 20.6 Å². The number of aryl methyl sites for hydroxylation is 1. The lowest BCUT2D eigenvalue weighted by atomic mass is 10.0. The largest absolute Gasteiger partial charge is 0.309 e. The van der Waals surface area contributed by atoms with E-state index in [4.69, 9.17) is 0 Å². The SMILES string of the molecule is CN(C)CCCCCCCCCCCCCCCCCCCCCCc1ccccc1. The molecule has 0 bridgehead atoms. The maximum absolute atomic E-state index is 2.30. The van der Waals surface area contributed by atoms with Crippen molar-refractivity contribution in [1.29, 1.82) is 0 Å². The second-order valence-electron chi connectivity index (χ2n) is 10.1. The first kappa shape index (κ1) is 28.2. The number of rotatable bonds is 23. The highest BCUT2D eigenvalue weighted by Gasteiger charge is 1.97. The van der Waals surface area contributed by atoms with Gasteiger partial charge in [0.1, 0.15) is 0 Å². The van der Waals surface area contributed by atoms with Gasteiger partial charge in [0.25, 0.3) is 0 Å². The Bertz CT molecular complexity index is 453. The van der Waals surface area contributed by atoms with Crippen molar-refractivity contribution < 1.29 is 0 Å². The van der Waals surface area contributed by atoms with Crippen molar-refractivity contribution in [2.45, 2.75) is 135 Å². The Morgan fingerprint density at radius 2 is 0.742 bits per heavy atom. The van der Waals surface area contributed by atoms with E-state index in [0.717, 1.165) is 0 Å². The summed E-state index contributed by atoms with van der Waals surface area (Å²) in [5.41, 5.74) is 1.50. The Balaban J connectivity index is 1.66. The van der Waals surface area contributed by atoms with E-state index in [1.165, 1.54) is 147 Å². The first-order valence-corrected chi connectivity index (χ1v) is 14.0. The van der Waals surface area contributed by atoms with Crippen LogP contribution in [-0.2, 0) is 6.42 Å². The zero-order valence-corrected chi connectivity index (χ0v) is 21.4. The van der Waals surface area contributed by atoms with Crippen molar-refractivity contribution >= 4 is 0 Å². The third kappa shape index (κ3) is 20.8. The van der Waals surface area contributed by atoms with Crippen LogP contribution in [0.15, 0.2) is 30.3 Å². The second kappa shape index (κ2) is 22.4. The van der Waals surface area contributed by atoms with E-state index in [1.807, 2.05) is 0 Å². The van der Waals surface area contributed by atoms with Crippen LogP contribution >= 0.6 is 0 Å². The molecule has 0 aliphatic rings. The Morgan fingerprint density at radius 3 is 1.10 bits per heavy atom. The smallest absolute Gasteiger partial charge is 0.00248 e. The van der Waals surface area contributed by atoms with Gasteiger partial charge in [0, 0.05) is 0 Å². The summed E-state index contributed by atoms with van der Waals surface area (Å²) < 4.78 is 0. The molecule has 0 atom stereocenters. The Hall–Kier alpha value is -0.820. The summed E-state index contributed by atoms with van der Waals surface area (Å²) in [5.74, 6) is 0. The van der Waals surface area contributed by atoms with Crippen LogP contribution in [0, 0.1) is 0 Å². The van der Waals surface area contributed by atoms with Crippen LogP contribution in [0.2, 0.25) is 0 Å². The highest BCUT2D eigenvalue weighted by Crippen LogP contribution is 2.15. The molecule has 0 aliphatic heterocycles. The number of unbranched alkanes of at least 4 members (excludes halogenated alkanes) is 19. The van der Waals surface area contributed by atoms with Gasteiger partial charge in [-0.15, -0.1) is 0 Å². The molecule has 0 saturated carbocycles. The average molecular weight is 430 g/mol. The van der Waals surface area contributed by atoms with Crippen molar-refractivity contribution in [3.05, 3.63) is 35.9 Å². The molecule has 0 heterocycles. The number of benzene rings is 1. The average Bonchev–Trinajstić information content (AvgIpc) is 2.77. The van der Waals surface area contributed by atoms with Gasteiger partial charge in [-0.05, 0) is 45.5 Å². The van der Waals surface area contributed by atoms with E-state index in [-0.39, 0.29) is 0 Å². The molecule has 0 N–H and O–H groups in total. The minimum atomic E-state index is 1.26. The topological polar surface area (TPSA) is 3.24 Å². The molecule has 0 unspecified atom stereocenters. The maximum atomic E-state index is 2.30. The van der Waals surface area contributed by atoms with Crippen LogP contribution in [0.3, 0.4) is 0 Å². The molecule has 0 aliphatic carbocycles. The molecule has 0 aromatic heterocycles. The first-order chi connectivity index (χ1) is 15.3. The van der Waals surface area contributed by atoms with E-state index in [0.29, 0.717) is 0 Å². The third-order valence-corrected chi connectivity index (χ3v) is 6.66. The van der Waals surface area contributed by atoms with Crippen LogP contribution in [-0.4, -0.2) is 25.5 Å². The summed E-state index contributed by atoms with van der Waals surface area (Å²) in [6.45, 7) is 1.26. The fourth-order valence-electron chi connectivity index (χ4n) is 4.58. The van der Waals surface area contributed by atoms with E-state index in [2.05, 4.69) is 49.3 Å². The lowest BCUT2D eigenvalue weighted by molar-refractivity contribution is 0.389. The summed E-state index contributed by atoms with van der Waals surface area (Å²) in [4.78, 5) is 2.30. The molecule has 0 amide bonds. The molecule has 0 radical (unpaired) electrons. The highest BCUT2D eigenvalue weighted by molar-refractivity contribution is 5.14. The summed E-state index contributed by atoms with van der Waals surface area (Å²) in [6.07, 6.45) is 30.3. The number of nitrogens with zero attached hydrogens (tertiary/aromatic N) is 1. The lowest BCUT2D eigenvalue weighted by Gasteiger charge is -2.08. The van der Waals surface area contributed by atoms with Gasteiger partial charge >= 0.3 is 0 Å². The van der Waals surface area contributed by atoms with Gasteiger partial charge in [-0.3, -0.25) is 0 Å². The Labute approximate surface area is 196 Å². The van der Waals surface area contributed by atoms with Crippen LogP contribution in [0.1, 0.15) is 134 Å². The Morgan fingerprint density at radius 1 is 0.419 bits per heavy atom. The quantitative estimate of drug-likeness (QED) is 0.156. The van der Waals surface area contributed by atoms with Crippen molar-refractivity contribution in [2.24, 2.45) is 0 Å². The molecular formula is C30H55N. The van der Waals surface area contributed by atoms with Gasteiger partial charge in [0.15, 0.2) is 0 Å². The molecule has 180 valence electrons. The fourth-order valence-corrected chi connectivity index (χ4v) is 4.58. The van der Waals surface area contributed by atoms with E-state index in [1.54, 1.807) is 0 Å². The molecule has 1 aromatic carbocycles. The molecule has 1 nitrogen and oxygen atoms in total. The van der Waals surface area contributed by atoms with Gasteiger partial charge in [-0.1, -0.05) is 146 Å². The zero-order valence-electron chi connectivity index (χ0n) is 21.4. The van der Waals surface area contributed by atoms with Gasteiger partial charge < -0.3 is 4.90 Å². The van der Waals surface area contributed by atoms with Crippen LogP contribution in [0.4, 0.5) is 0 Å². The third-order valence-electron chi connectivity index (χ3n) is 6.66. The van der Waals surface area contributed by atoms with Crippen molar-refractivity contribution in [3.63, 3.8) is 0 Å². The summed E-state index contributed by atoms with van der Waals surface area (Å²) in [7, 11) is 4.36. The van der Waals surface area contributed by atoms with Gasteiger partial charge in [-0.25, -0.2) is 0 Å². The summed E-state index contributed by atoms with van der Waals surface area (Å²) >= 11 is 0. The molecule has 1 rings (SSSR count). The molecule has 0 spiro atoms. The van der Waals surface area contributed by atoms with E-state index in [9.17, 15) is 0 Å².